The molecule has 1 fully saturated rings. The van der Waals surface area contributed by atoms with Crippen LogP contribution in [0.5, 0.6) is 0 Å². The van der Waals surface area contributed by atoms with Gasteiger partial charge in [-0.05, 0) is 37.1 Å². The maximum Gasteiger partial charge on any atom is 0.269 e. The fourth-order valence-corrected chi connectivity index (χ4v) is 5.80. The number of para-hydroxylation sites is 1. The van der Waals surface area contributed by atoms with Crippen molar-refractivity contribution in [2.75, 3.05) is 11.9 Å². The zero-order valence-electron chi connectivity index (χ0n) is 15.0. The van der Waals surface area contributed by atoms with E-state index in [-0.39, 0.29) is 17.1 Å². The van der Waals surface area contributed by atoms with Gasteiger partial charge in [-0.25, -0.2) is 13.4 Å². The van der Waals surface area contributed by atoms with E-state index in [0.29, 0.717) is 18.0 Å². The molecule has 4 rings (SSSR count). The molecule has 2 heterocycles. The van der Waals surface area contributed by atoms with E-state index in [1.807, 2.05) is 24.3 Å². The van der Waals surface area contributed by atoms with E-state index in [1.165, 1.54) is 23.5 Å². The van der Waals surface area contributed by atoms with Crippen LogP contribution >= 0.6 is 11.3 Å². The number of benzene rings is 2. The lowest BCUT2D eigenvalue weighted by Crippen LogP contribution is -2.43. The molecule has 0 bridgehead atoms. The highest BCUT2D eigenvalue weighted by Crippen LogP contribution is 2.30. The van der Waals surface area contributed by atoms with Crippen LogP contribution < -0.4 is 5.32 Å². The molecular weight excluding hydrogens is 416 g/mol. The van der Waals surface area contributed by atoms with Gasteiger partial charge in [0.2, 0.25) is 15.9 Å². The van der Waals surface area contributed by atoms with Crippen molar-refractivity contribution in [2.24, 2.45) is 0 Å². The third-order valence-corrected chi connectivity index (χ3v) is 7.56. The van der Waals surface area contributed by atoms with Crippen LogP contribution in [-0.4, -0.2) is 41.1 Å². The summed E-state index contributed by atoms with van der Waals surface area (Å²) in [5.74, 6) is -0.438. The number of hydrogen-bond acceptors (Lipinski definition) is 7. The minimum Gasteiger partial charge on any atom is -0.301 e. The molecule has 2 aromatic carbocycles. The molecule has 3 aromatic rings. The van der Waals surface area contributed by atoms with Crippen molar-refractivity contribution in [3.05, 3.63) is 58.6 Å². The van der Waals surface area contributed by atoms with Gasteiger partial charge in [-0.3, -0.25) is 14.9 Å². The first-order chi connectivity index (χ1) is 13.9. The summed E-state index contributed by atoms with van der Waals surface area (Å²) in [6, 6.07) is 11.2. The number of fused-ring (bicyclic) bond motifs is 1. The number of nitrogens with zero attached hydrogens (tertiary/aromatic N) is 3. The average Bonchev–Trinajstić information content (AvgIpc) is 3.35. The van der Waals surface area contributed by atoms with Crippen LogP contribution in [-0.2, 0) is 14.8 Å². The molecule has 1 N–H and O–H groups in total. The van der Waals surface area contributed by atoms with Crippen molar-refractivity contribution in [2.45, 2.75) is 23.8 Å². The molecule has 9 nitrogen and oxygen atoms in total. The number of rotatable bonds is 5. The number of hydrogen-bond donors (Lipinski definition) is 1. The molecule has 1 saturated heterocycles. The summed E-state index contributed by atoms with van der Waals surface area (Å²) < 4.78 is 28.0. The Morgan fingerprint density at radius 3 is 2.62 bits per heavy atom. The zero-order chi connectivity index (χ0) is 20.6. The van der Waals surface area contributed by atoms with Crippen LogP contribution in [0.15, 0.2) is 53.4 Å². The number of carbonyl (C=O) groups is 1. The third-order valence-electron chi connectivity index (χ3n) is 4.68. The first kappa shape index (κ1) is 19.4. The number of amides is 1. The first-order valence-corrected chi connectivity index (χ1v) is 11.0. The minimum atomic E-state index is -3.96. The van der Waals surface area contributed by atoms with Gasteiger partial charge >= 0.3 is 0 Å². The van der Waals surface area contributed by atoms with E-state index in [4.69, 9.17) is 0 Å². The number of thiazole rings is 1. The Kier molecular flexibility index (Phi) is 5.03. The standard InChI is InChI=1S/C18H16N4O5S2/c23-17(20-18-19-14-4-1-2-6-16(14)28-18)15-5-3-11-21(15)29(26,27)13-9-7-12(8-10-13)22(24)25/h1-2,4,6-10,15H,3,5,11H2,(H,19,20,23)/t15-/m0/s1. The zero-order valence-corrected chi connectivity index (χ0v) is 16.6. The number of carbonyl (C=O) groups excluding carboxylic acids is 1. The second-order valence-electron chi connectivity index (χ2n) is 6.50. The molecule has 0 saturated carbocycles. The molecule has 1 amide bonds. The maximum atomic E-state index is 13.0. The minimum absolute atomic E-state index is 0.0808. The van der Waals surface area contributed by atoms with Gasteiger partial charge in [0, 0.05) is 18.7 Å². The molecule has 11 heteroatoms. The highest BCUT2D eigenvalue weighted by atomic mass is 32.2. The molecule has 0 radical (unpaired) electrons. The average molecular weight is 432 g/mol. The van der Waals surface area contributed by atoms with E-state index in [2.05, 4.69) is 10.3 Å². The highest BCUT2D eigenvalue weighted by molar-refractivity contribution is 7.89. The number of nitro benzene ring substituents is 1. The Labute approximate surface area is 170 Å². The summed E-state index contributed by atoms with van der Waals surface area (Å²) in [6.45, 7) is 0.206. The molecule has 1 aliphatic heterocycles. The summed E-state index contributed by atoms with van der Waals surface area (Å²) >= 11 is 1.32. The van der Waals surface area contributed by atoms with Crippen LogP contribution in [0.1, 0.15) is 12.8 Å². The Balaban J connectivity index is 1.55. The lowest BCUT2D eigenvalue weighted by molar-refractivity contribution is -0.384. The van der Waals surface area contributed by atoms with Gasteiger partial charge in [0.1, 0.15) is 6.04 Å². The predicted molar refractivity (Wildman–Crippen MR) is 108 cm³/mol. The van der Waals surface area contributed by atoms with Crippen LogP contribution in [0.3, 0.4) is 0 Å². The third kappa shape index (κ3) is 3.71. The molecule has 1 aromatic heterocycles. The quantitative estimate of drug-likeness (QED) is 0.488. The molecular formula is C18H16N4O5S2. The van der Waals surface area contributed by atoms with Crippen molar-refractivity contribution in [1.29, 1.82) is 0 Å². The molecule has 1 atom stereocenters. The summed E-state index contributed by atoms with van der Waals surface area (Å²) in [6.07, 6.45) is 0.938. The van der Waals surface area contributed by atoms with Gasteiger partial charge in [0.05, 0.1) is 20.0 Å². The van der Waals surface area contributed by atoms with Crippen molar-refractivity contribution >= 4 is 48.3 Å². The fourth-order valence-electron chi connectivity index (χ4n) is 3.28. The Hall–Kier alpha value is -2.89. The van der Waals surface area contributed by atoms with Crippen molar-refractivity contribution in [1.82, 2.24) is 9.29 Å². The maximum absolute atomic E-state index is 13.0. The van der Waals surface area contributed by atoms with Gasteiger partial charge in [0.25, 0.3) is 5.69 Å². The summed E-state index contributed by atoms with van der Waals surface area (Å²) in [4.78, 5) is 27.2. The molecule has 0 aliphatic carbocycles. The van der Waals surface area contributed by atoms with E-state index >= 15 is 0 Å². The molecule has 29 heavy (non-hydrogen) atoms. The fraction of sp³-hybridized carbons (Fsp3) is 0.222. The topological polar surface area (TPSA) is 123 Å². The Bertz CT molecular complexity index is 1160. The lowest BCUT2D eigenvalue weighted by atomic mass is 10.2. The summed E-state index contributed by atoms with van der Waals surface area (Å²) in [7, 11) is -3.96. The van der Waals surface area contributed by atoms with Gasteiger partial charge in [0.15, 0.2) is 5.13 Å². The predicted octanol–water partition coefficient (Wildman–Crippen LogP) is 3.00. The summed E-state index contributed by atoms with van der Waals surface area (Å²) in [5, 5.41) is 13.9. The van der Waals surface area contributed by atoms with Gasteiger partial charge in [-0.2, -0.15) is 4.31 Å². The van der Waals surface area contributed by atoms with Gasteiger partial charge in [-0.15, -0.1) is 0 Å². The van der Waals surface area contributed by atoms with Crippen molar-refractivity contribution < 1.29 is 18.1 Å². The van der Waals surface area contributed by atoms with Gasteiger partial charge < -0.3 is 5.32 Å². The van der Waals surface area contributed by atoms with Crippen LogP contribution in [0.2, 0.25) is 0 Å². The summed E-state index contributed by atoms with van der Waals surface area (Å²) in [5.41, 5.74) is 0.560. The van der Waals surface area contributed by atoms with Crippen LogP contribution in [0.25, 0.3) is 10.2 Å². The SMILES string of the molecule is O=C(Nc1nc2ccccc2s1)[C@@H]1CCCN1S(=O)(=O)c1ccc([N+](=O)[O-])cc1. The van der Waals surface area contributed by atoms with E-state index in [9.17, 15) is 23.3 Å². The number of nitrogens with one attached hydrogen (secondary N) is 1. The smallest absolute Gasteiger partial charge is 0.269 e. The Morgan fingerprint density at radius 2 is 1.93 bits per heavy atom. The molecule has 1 aliphatic rings. The second-order valence-corrected chi connectivity index (χ2v) is 9.42. The molecule has 150 valence electrons. The van der Waals surface area contributed by atoms with E-state index < -0.39 is 26.9 Å². The monoisotopic (exact) mass is 432 g/mol. The van der Waals surface area contributed by atoms with Gasteiger partial charge in [-0.1, -0.05) is 23.5 Å². The van der Waals surface area contributed by atoms with Crippen LogP contribution in [0.4, 0.5) is 10.8 Å². The number of sulfonamides is 1. The van der Waals surface area contributed by atoms with Crippen LogP contribution in [0, 0.1) is 10.1 Å². The number of anilines is 1. The molecule has 0 unspecified atom stereocenters. The van der Waals surface area contributed by atoms with Crippen molar-refractivity contribution in [3.63, 3.8) is 0 Å². The number of nitro groups is 1. The van der Waals surface area contributed by atoms with E-state index in [0.717, 1.165) is 26.7 Å². The number of aromatic nitrogens is 1. The second kappa shape index (κ2) is 7.50. The molecule has 0 spiro atoms. The Morgan fingerprint density at radius 1 is 1.21 bits per heavy atom. The normalized spacial score (nSPS) is 17.4. The largest absolute Gasteiger partial charge is 0.301 e. The van der Waals surface area contributed by atoms with Crippen molar-refractivity contribution in [3.8, 4) is 0 Å². The number of non-ortho nitro benzene ring substituents is 1. The first-order valence-electron chi connectivity index (χ1n) is 8.79. The van der Waals surface area contributed by atoms with E-state index in [1.54, 1.807) is 0 Å². The highest BCUT2D eigenvalue weighted by Gasteiger charge is 2.39. The lowest BCUT2D eigenvalue weighted by Gasteiger charge is -2.22.